The fraction of sp³-hybridized carbons (Fsp3) is 0.611. The van der Waals surface area contributed by atoms with Crippen LogP contribution in [-0.2, 0) is 11.2 Å². The van der Waals surface area contributed by atoms with E-state index in [-0.39, 0.29) is 24.0 Å². The Kier molecular flexibility index (Phi) is 8.75. The maximum Gasteiger partial charge on any atom is 0.193 e. The van der Waals surface area contributed by atoms with Crippen molar-refractivity contribution < 1.29 is 4.74 Å². The molecule has 1 aromatic carbocycles. The van der Waals surface area contributed by atoms with Gasteiger partial charge in [0.25, 0.3) is 0 Å². The van der Waals surface area contributed by atoms with Crippen molar-refractivity contribution in [2.75, 3.05) is 53.0 Å². The van der Waals surface area contributed by atoms with Gasteiger partial charge in [0, 0.05) is 50.8 Å². The Morgan fingerprint density at radius 1 is 1.28 bits per heavy atom. The first kappa shape index (κ1) is 20.7. The molecule has 2 heterocycles. The van der Waals surface area contributed by atoms with Crippen LogP contribution in [0.2, 0.25) is 5.02 Å². The molecule has 1 aromatic rings. The van der Waals surface area contributed by atoms with Crippen LogP contribution < -0.4 is 5.32 Å². The van der Waals surface area contributed by atoms with Gasteiger partial charge >= 0.3 is 0 Å². The van der Waals surface area contributed by atoms with Crippen LogP contribution in [0.4, 0.5) is 0 Å². The van der Waals surface area contributed by atoms with E-state index in [2.05, 4.69) is 26.2 Å². The maximum absolute atomic E-state index is 6.22. The molecule has 1 unspecified atom stereocenters. The first-order chi connectivity index (χ1) is 11.8. The molecule has 2 saturated heterocycles. The highest BCUT2D eigenvalue weighted by molar-refractivity contribution is 14.0. The number of hydrogen-bond acceptors (Lipinski definition) is 3. The highest BCUT2D eigenvalue weighted by Gasteiger charge is 2.30. The number of halogens is 2. The molecule has 5 nitrogen and oxygen atoms in total. The van der Waals surface area contributed by atoms with Gasteiger partial charge in [-0.15, -0.1) is 24.0 Å². The number of nitrogens with one attached hydrogen (secondary N) is 1. The predicted octanol–water partition coefficient (Wildman–Crippen LogP) is 2.48. The van der Waals surface area contributed by atoms with Crippen molar-refractivity contribution in [1.29, 1.82) is 0 Å². The van der Waals surface area contributed by atoms with E-state index in [1.165, 1.54) is 12.0 Å². The minimum Gasteiger partial charge on any atom is -0.379 e. The van der Waals surface area contributed by atoms with Gasteiger partial charge in [-0.3, -0.25) is 9.89 Å². The molecular formula is C18H28ClIN4O. The van der Waals surface area contributed by atoms with Gasteiger partial charge < -0.3 is 15.0 Å². The number of ether oxygens (including phenoxy) is 1. The Labute approximate surface area is 172 Å². The number of benzene rings is 1. The third-order valence-corrected chi connectivity index (χ3v) is 5.24. The highest BCUT2D eigenvalue weighted by Crippen LogP contribution is 2.17. The van der Waals surface area contributed by atoms with Gasteiger partial charge in [0.15, 0.2) is 5.96 Å². The van der Waals surface area contributed by atoms with E-state index in [1.54, 1.807) is 0 Å². The van der Waals surface area contributed by atoms with Crippen molar-refractivity contribution in [2.24, 2.45) is 4.99 Å². The second-order valence-corrected chi connectivity index (χ2v) is 6.76. The van der Waals surface area contributed by atoms with Gasteiger partial charge in [-0.25, -0.2) is 0 Å². The minimum atomic E-state index is 0. The molecule has 3 rings (SSSR count). The topological polar surface area (TPSA) is 40.1 Å². The van der Waals surface area contributed by atoms with Crippen molar-refractivity contribution in [3.8, 4) is 0 Å². The number of nitrogens with zero attached hydrogens (tertiary/aromatic N) is 3. The van der Waals surface area contributed by atoms with Gasteiger partial charge in [-0.05, 0) is 24.5 Å². The second kappa shape index (κ2) is 10.5. The molecule has 0 spiro atoms. The average Bonchev–Trinajstić information content (AvgIpc) is 3.11. The van der Waals surface area contributed by atoms with Crippen molar-refractivity contribution in [3.63, 3.8) is 0 Å². The Bertz CT molecular complexity index is 566. The first-order valence-electron chi connectivity index (χ1n) is 8.78. The van der Waals surface area contributed by atoms with E-state index in [0.29, 0.717) is 6.04 Å². The van der Waals surface area contributed by atoms with Crippen LogP contribution in [0.5, 0.6) is 0 Å². The minimum absolute atomic E-state index is 0. The fourth-order valence-electron chi connectivity index (χ4n) is 3.52. The van der Waals surface area contributed by atoms with E-state index in [9.17, 15) is 0 Å². The molecule has 1 N–H and O–H groups in total. The van der Waals surface area contributed by atoms with E-state index in [4.69, 9.17) is 16.3 Å². The molecule has 0 saturated carbocycles. The van der Waals surface area contributed by atoms with Crippen molar-refractivity contribution in [2.45, 2.75) is 18.9 Å². The summed E-state index contributed by atoms with van der Waals surface area (Å²) in [6.07, 6.45) is 2.10. The second-order valence-electron chi connectivity index (χ2n) is 6.35. The van der Waals surface area contributed by atoms with Crippen LogP contribution in [0, 0.1) is 0 Å². The smallest absolute Gasteiger partial charge is 0.193 e. The molecule has 0 aromatic heterocycles. The summed E-state index contributed by atoms with van der Waals surface area (Å²) in [7, 11) is 1.86. The molecule has 2 aliphatic rings. The van der Waals surface area contributed by atoms with E-state index in [0.717, 1.165) is 63.3 Å². The maximum atomic E-state index is 6.22. The van der Waals surface area contributed by atoms with E-state index < -0.39 is 0 Å². The molecular weight excluding hydrogens is 451 g/mol. The lowest BCUT2D eigenvalue weighted by Crippen LogP contribution is -2.46. The Morgan fingerprint density at radius 3 is 2.76 bits per heavy atom. The summed E-state index contributed by atoms with van der Waals surface area (Å²) in [5.41, 5.74) is 1.18. The Balaban J connectivity index is 0.00000225. The van der Waals surface area contributed by atoms with E-state index in [1.807, 2.05) is 25.2 Å². The van der Waals surface area contributed by atoms with Crippen LogP contribution in [-0.4, -0.2) is 74.8 Å². The highest BCUT2D eigenvalue weighted by atomic mass is 127. The number of morpholine rings is 1. The van der Waals surface area contributed by atoms with Crippen molar-refractivity contribution in [3.05, 3.63) is 34.9 Å². The van der Waals surface area contributed by atoms with Crippen LogP contribution in [0.25, 0.3) is 0 Å². The summed E-state index contributed by atoms with van der Waals surface area (Å²) >= 11 is 6.22. The Morgan fingerprint density at radius 2 is 2.04 bits per heavy atom. The normalized spacial score (nSPS) is 21.9. The average molecular weight is 479 g/mol. The van der Waals surface area contributed by atoms with Gasteiger partial charge in [0.05, 0.1) is 13.2 Å². The lowest BCUT2D eigenvalue weighted by Gasteiger charge is -2.32. The zero-order chi connectivity index (χ0) is 16.8. The summed E-state index contributed by atoms with van der Waals surface area (Å²) in [5, 5.41) is 4.32. The van der Waals surface area contributed by atoms with Crippen LogP contribution in [0.3, 0.4) is 0 Å². The molecule has 2 fully saturated rings. The predicted molar refractivity (Wildman–Crippen MR) is 114 cm³/mol. The molecule has 0 aliphatic carbocycles. The number of guanidine groups is 1. The molecule has 7 heteroatoms. The SMILES string of the molecule is CN=C(NCCc1ccccc1Cl)N1CCC(N2CCOCC2)C1.I. The number of rotatable bonds is 4. The molecule has 0 radical (unpaired) electrons. The lowest BCUT2D eigenvalue weighted by atomic mass is 10.1. The van der Waals surface area contributed by atoms with Gasteiger partial charge in [0.1, 0.15) is 0 Å². The van der Waals surface area contributed by atoms with E-state index >= 15 is 0 Å². The molecule has 25 heavy (non-hydrogen) atoms. The third-order valence-electron chi connectivity index (χ3n) is 4.87. The number of likely N-dealkylation sites (tertiary alicyclic amines) is 1. The Hall–Kier alpha value is -0.570. The van der Waals surface area contributed by atoms with Crippen LogP contribution in [0.1, 0.15) is 12.0 Å². The molecule has 1 atom stereocenters. The van der Waals surface area contributed by atoms with Gasteiger partial charge in [-0.1, -0.05) is 29.8 Å². The zero-order valence-electron chi connectivity index (χ0n) is 14.8. The van der Waals surface area contributed by atoms with Crippen molar-refractivity contribution in [1.82, 2.24) is 15.1 Å². The molecule has 0 amide bonds. The quantitative estimate of drug-likeness (QED) is 0.410. The summed E-state index contributed by atoms with van der Waals surface area (Å²) in [6.45, 7) is 6.78. The third kappa shape index (κ3) is 5.70. The monoisotopic (exact) mass is 478 g/mol. The summed E-state index contributed by atoms with van der Waals surface area (Å²) in [4.78, 5) is 9.38. The van der Waals surface area contributed by atoms with Gasteiger partial charge in [-0.2, -0.15) is 0 Å². The fourth-order valence-corrected chi connectivity index (χ4v) is 3.75. The van der Waals surface area contributed by atoms with Crippen molar-refractivity contribution >= 4 is 41.5 Å². The molecule has 2 aliphatic heterocycles. The zero-order valence-corrected chi connectivity index (χ0v) is 17.9. The van der Waals surface area contributed by atoms with Crippen LogP contribution >= 0.6 is 35.6 Å². The van der Waals surface area contributed by atoms with Gasteiger partial charge in [0.2, 0.25) is 0 Å². The summed E-state index contributed by atoms with van der Waals surface area (Å²) in [6, 6.07) is 8.64. The summed E-state index contributed by atoms with van der Waals surface area (Å²) in [5.74, 6) is 0.998. The number of aliphatic imine (C=N–C) groups is 1. The first-order valence-corrected chi connectivity index (χ1v) is 9.16. The van der Waals surface area contributed by atoms with Crippen LogP contribution in [0.15, 0.2) is 29.3 Å². The summed E-state index contributed by atoms with van der Waals surface area (Å²) < 4.78 is 5.46. The largest absolute Gasteiger partial charge is 0.379 e. The molecule has 0 bridgehead atoms. The molecule has 140 valence electrons. The number of hydrogen-bond donors (Lipinski definition) is 1. The standard InChI is InChI=1S/C18H27ClN4O.HI/c1-20-18(21-8-6-15-4-2-3-5-17(15)19)23-9-7-16(14-23)22-10-12-24-13-11-22;/h2-5,16H,6-14H2,1H3,(H,20,21);1H. The lowest BCUT2D eigenvalue weighted by molar-refractivity contribution is 0.0195.